The van der Waals surface area contributed by atoms with E-state index in [1.807, 2.05) is 24.3 Å². The Hall–Kier alpha value is -1.39. The minimum Gasteiger partial charge on any atom is -0.392 e. The summed E-state index contributed by atoms with van der Waals surface area (Å²) < 4.78 is 0. The Bertz CT molecular complexity index is 422. The third-order valence-corrected chi connectivity index (χ3v) is 3.57. The smallest absolute Gasteiger partial charge is 0.240 e. The second-order valence-corrected chi connectivity index (χ2v) is 5.21. The van der Waals surface area contributed by atoms with Gasteiger partial charge in [0, 0.05) is 6.54 Å². The molecule has 0 bridgehead atoms. The Balaban J connectivity index is 1.88. The van der Waals surface area contributed by atoms with Gasteiger partial charge in [-0.2, -0.15) is 0 Å². The summed E-state index contributed by atoms with van der Waals surface area (Å²) in [6.07, 6.45) is 2.09. The second-order valence-electron chi connectivity index (χ2n) is 5.21. The number of benzene rings is 1. The van der Waals surface area contributed by atoms with Crippen molar-refractivity contribution in [2.75, 3.05) is 0 Å². The van der Waals surface area contributed by atoms with E-state index >= 15 is 0 Å². The molecule has 1 aromatic rings. The Labute approximate surface area is 107 Å². The summed E-state index contributed by atoms with van der Waals surface area (Å²) in [7, 11) is 0. The van der Waals surface area contributed by atoms with Crippen LogP contribution in [0.1, 0.15) is 30.9 Å². The van der Waals surface area contributed by atoms with E-state index in [9.17, 15) is 4.79 Å². The average molecular weight is 248 g/mol. The van der Waals surface area contributed by atoms with Gasteiger partial charge in [0.05, 0.1) is 12.1 Å². The molecule has 1 unspecified atom stereocenters. The lowest BCUT2D eigenvalue weighted by Gasteiger charge is -2.23. The van der Waals surface area contributed by atoms with Gasteiger partial charge in [-0.3, -0.25) is 4.79 Å². The largest absolute Gasteiger partial charge is 0.392 e. The highest BCUT2D eigenvalue weighted by atomic mass is 16.3. The van der Waals surface area contributed by atoms with Gasteiger partial charge in [0.1, 0.15) is 0 Å². The van der Waals surface area contributed by atoms with E-state index in [1.165, 1.54) is 0 Å². The van der Waals surface area contributed by atoms with Crippen molar-refractivity contribution >= 4 is 5.91 Å². The van der Waals surface area contributed by atoms with Crippen LogP contribution in [-0.2, 0) is 17.9 Å². The normalized spacial score (nSPS) is 18.2. The summed E-state index contributed by atoms with van der Waals surface area (Å²) in [6, 6.07) is 7.50. The maximum atomic E-state index is 12.0. The molecule has 0 aliphatic heterocycles. The molecule has 2 rings (SSSR count). The molecular weight excluding hydrogens is 228 g/mol. The molecule has 1 amide bonds. The molecule has 4 N–H and O–H groups in total. The lowest BCUT2D eigenvalue weighted by atomic mass is 9.96. The number of nitrogens with one attached hydrogen (secondary N) is 1. The lowest BCUT2D eigenvalue weighted by molar-refractivity contribution is -0.126. The summed E-state index contributed by atoms with van der Waals surface area (Å²) in [5.74, 6) is 0.241. The molecule has 0 spiro atoms. The molecule has 1 fully saturated rings. The topological polar surface area (TPSA) is 75.4 Å². The first-order chi connectivity index (χ1) is 8.54. The number of hydrogen-bond acceptors (Lipinski definition) is 3. The number of hydrogen-bond donors (Lipinski definition) is 3. The van der Waals surface area contributed by atoms with E-state index in [0.29, 0.717) is 12.5 Å². The number of carbonyl (C=O) groups is 1. The van der Waals surface area contributed by atoms with E-state index < -0.39 is 5.54 Å². The van der Waals surface area contributed by atoms with Gasteiger partial charge in [-0.05, 0) is 36.8 Å². The molecule has 0 aromatic heterocycles. The molecule has 1 saturated carbocycles. The lowest BCUT2D eigenvalue weighted by Crippen LogP contribution is -2.53. The van der Waals surface area contributed by atoms with Crippen LogP contribution in [0.3, 0.4) is 0 Å². The van der Waals surface area contributed by atoms with Crippen LogP contribution in [0, 0.1) is 5.92 Å². The molecule has 0 saturated heterocycles. The van der Waals surface area contributed by atoms with Crippen LogP contribution < -0.4 is 11.1 Å². The van der Waals surface area contributed by atoms with E-state index in [1.54, 1.807) is 6.92 Å². The highest BCUT2D eigenvalue weighted by Gasteiger charge is 2.43. The summed E-state index contributed by atoms with van der Waals surface area (Å²) in [5.41, 5.74) is 7.16. The Kier molecular flexibility index (Phi) is 3.68. The molecule has 1 aliphatic carbocycles. The minimum absolute atomic E-state index is 0.0369. The van der Waals surface area contributed by atoms with Gasteiger partial charge in [0.2, 0.25) is 5.91 Å². The van der Waals surface area contributed by atoms with Crippen LogP contribution >= 0.6 is 0 Å². The van der Waals surface area contributed by atoms with Crippen molar-refractivity contribution in [3.63, 3.8) is 0 Å². The summed E-state index contributed by atoms with van der Waals surface area (Å²) >= 11 is 0. The van der Waals surface area contributed by atoms with Gasteiger partial charge in [-0.25, -0.2) is 0 Å². The third-order valence-electron chi connectivity index (χ3n) is 3.57. The first-order valence-corrected chi connectivity index (χ1v) is 6.30. The molecule has 4 heteroatoms. The first-order valence-electron chi connectivity index (χ1n) is 6.30. The average Bonchev–Trinajstić information content (AvgIpc) is 3.21. The van der Waals surface area contributed by atoms with Crippen molar-refractivity contribution in [2.24, 2.45) is 11.7 Å². The van der Waals surface area contributed by atoms with E-state index in [4.69, 9.17) is 10.8 Å². The fourth-order valence-electron chi connectivity index (χ4n) is 2.00. The van der Waals surface area contributed by atoms with Crippen molar-refractivity contribution in [1.82, 2.24) is 5.32 Å². The summed E-state index contributed by atoms with van der Waals surface area (Å²) in [4.78, 5) is 12.0. The number of amides is 1. The van der Waals surface area contributed by atoms with E-state index in [0.717, 1.165) is 24.0 Å². The maximum absolute atomic E-state index is 12.0. The molecular formula is C14H20N2O2. The zero-order valence-corrected chi connectivity index (χ0v) is 10.6. The zero-order chi connectivity index (χ0) is 13.2. The third kappa shape index (κ3) is 2.89. The van der Waals surface area contributed by atoms with Crippen LogP contribution in [0.25, 0.3) is 0 Å². The number of carbonyl (C=O) groups excluding carboxylic acids is 1. The minimum atomic E-state index is -0.745. The first kappa shape index (κ1) is 13.1. The summed E-state index contributed by atoms with van der Waals surface area (Å²) in [6.45, 7) is 2.31. The van der Waals surface area contributed by atoms with Crippen molar-refractivity contribution in [1.29, 1.82) is 0 Å². The van der Waals surface area contributed by atoms with Crippen molar-refractivity contribution < 1.29 is 9.90 Å². The predicted molar refractivity (Wildman–Crippen MR) is 69.5 cm³/mol. The summed E-state index contributed by atoms with van der Waals surface area (Å²) in [5, 5.41) is 11.8. The molecule has 4 nitrogen and oxygen atoms in total. The van der Waals surface area contributed by atoms with E-state index in [2.05, 4.69) is 5.32 Å². The maximum Gasteiger partial charge on any atom is 0.240 e. The van der Waals surface area contributed by atoms with Crippen LogP contribution in [-0.4, -0.2) is 16.6 Å². The van der Waals surface area contributed by atoms with E-state index in [-0.39, 0.29) is 12.5 Å². The van der Waals surface area contributed by atoms with Gasteiger partial charge in [-0.1, -0.05) is 24.3 Å². The Morgan fingerprint density at radius 3 is 2.44 bits per heavy atom. The van der Waals surface area contributed by atoms with Gasteiger partial charge in [0.25, 0.3) is 0 Å². The molecule has 0 radical (unpaired) electrons. The SMILES string of the molecule is CC(N)(C(=O)NCc1ccc(CO)cc1)C1CC1. The number of aliphatic hydroxyl groups is 1. The zero-order valence-electron chi connectivity index (χ0n) is 10.6. The molecule has 98 valence electrons. The van der Waals surface area contributed by atoms with Crippen LogP contribution in [0.5, 0.6) is 0 Å². The molecule has 1 aromatic carbocycles. The molecule has 0 heterocycles. The molecule has 1 aliphatic rings. The van der Waals surface area contributed by atoms with Gasteiger partial charge in [0.15, 0.2) is 0 Å². The van der Waals surface area contributed by atoms with Crippen molar-refractivity contribution in [3.05, 3.63) is 35.4 Å². The van der Waals surface area contributed by atoms with Crippen molar-refractivity contribution in [3.8, 4) is 0 Å². The predicted octanol–water partition coefficient (Wildman–Crippen LogP) is 0.922. The van der Waals surface area contributed by atoms with Gasteiger partial charge < -0.3 is 16.2 Å². The standard InChI is InChI=1S/C14H20N2O2/c1-14(15,12-6-7-12)13(18)16-8-10-2-4-11(9-17)5-3-10/h2-5,12,17H,6-9,15H2,1H3,(H,16,18). The highest BCUT2D eigenvalue weighted by molar-refractivity contribution is 5.86. The van der Waals surface area contributed by atoms with Gasteiger partial charge in [-0.15, -0.1) is 0 Å². The fraction of sp³-hybridized carbons (Fsp3) is 0.500. The molecule has 1 atom stereocenters. The Morgan fingerprint density at radius 2 is 1.94 bits per heavy atom. The Morgan fingerprint density at radius 1 is 1.39 bits per heavy atom. The number of rotatable bonds is 5. The van der Waals surface area contributed by atoms with Crippen molar-refractivity contribution in [2.45, 2.75) is 38.5 Å². The van der Waals surface area contributed by atoms with Crippen LogP contribution in [0.2, 0.25) is 0 Å². The quantitative estimate of drug-likeness (QED) is 0.725. The van der Waals surface area contributed by atoms with Crippen LogP contribution in [0.15, 0.2) is 24.3 Å². The van der Waals surface area contributed by atoms with Crippen LogP contribution in [0.4, 0.5) is 0 Å². The fourth-order valence-corrected chi connectivity index (χ4v) is 2.00. The number of nitrogens with two attached hydrogens (primary N) is 1. The van der Waals surface area contributed by atoms with Gasteiger partial charge >= 0.3 is 0 Å². The highest BCUT2D eigenvalue weighted by Crippen LogP contribution is 2.38. The molecule has 18 heavy (non-hydrogen) atoms. The second kappa shape index (κ2) is 5.08. The number of aliphatic hydroxyl groups excluding tert-OH is 1. The monoisotopic (exact) mass is 248 g/mol.